The highest BCUT2D eigenvalue weighted by Crippen LogP contribution is 2.32. The Balaban J connectivity index is 2.37. The molecule has 1 aromatic carbocycles. The predicted octanol–water partition coefficient (Wildman–Crippen LogP) is 5.42. The molecule has 0 aliphatic heterocycles. The third kappa shape index (κ3) is 4.68. The van der Waals surface area contributed by atoms with Crippen molar-refractivity contribution >= 4 is 34.5 Å². The van der Waals surface area contributed by atoms with E-state index in [0.29, 0.717) is 16.0 Å². The fraction of sp³-hybridized carbons (Fsp3) is 0.438. The molecule has 1 N–H and O–H groups in total. The smallest absolute Gasteiger partial charge is 0.124 e. The molecule has 0 atom stereocenters. The Hall–Kier alpha value is -0.610. The highest BCUT2D eigenvalue weighted by atomic mass is 35.5. The zero-order valence-corrected chi connectivity index (χ0v) is 14.9. The van der Waals surface area contributed by atoms with Crippen molar-refractivity contribution in [3.8, 4) is 10.6 Å². The quantitative estimate of drug-likeness (QED) is 0.757. The van der Waals surface area contributed by atoms with E-state index in [1.165, 1.54) is 10.6 Å². The monoisotopic (exact) mass is 342 g/mol. The van der Waals surface area contributed by atoms with Gasteiger partial charge in [0.05, 0.1) is 5.69 Å². The van der Waals surface area contributed by atoms with Crippen LogP contribution in [0, 0.1) is 5.92 Å². The molecule has 1 heterocycles. The lowest BCUT2D eigenvalue weighted by Gasteiger charge is -2.04. The fourth-order valence-corrected chi connectivity index (χ4v) is 3.68. The summed E-state index contributed by atoms with van der Waals surface area (Å²) in [5, 5.41) is 5.66. The molecule has 0 saturated carbocycles. The standard InChI is InChI=1S/C16H20Cl2N2S/c1-4-19-9-15-14(5-10(2)3)20-16(21-15)11-6-12(17)8-13(18)7-11/h6-8,10,19H,4-5,9H2,1-3H3. The van der Waals surface area contributed by atoms with Crippen molar-refractivity contribution in [2.24, 2.45) is 5.92 Å². The average Bonchev–Trinajstić information content (AvgIpc) is 2.77. The summed E-state index contributed by atoms with van der Waals surface area (Å²) in [6.45, 7) is 8.36. The molecule has 0 fully saturated rings. The normalized spacial score (nSPS) is 11.3. The zero-order valence-electron chi connectivity index (χ0n) is 12.5. The highest BCUT2D eigenvalue weighted by Gasteiger charge is 2.14. The summed E-state index contributed by atoms with van der Waals surface area (Å²) in [6.07, 6.45) is 0.992. The van der Waals surface area contributed by atoms with Gasteiger partial charge in [0.25, 0.3) is 0 Å². The Morgan fingerprint density at radius 2 is 1.86 bits per heavy atom. The molecule has 2 nitrogen and oxygen atoms in total. The van der Waals surface area contributed by atoms with Crippen molar-refractivity contribution in [2.75, 3.05) is 6.54 Å². The molecule has 114 valence electrons. The van der Waals surface area contributed by atoms with Crippen LogP contribution < -0.4 is 5.32 Å². The molecule has 0 unspecified atom stereocenters. The van der Waals surface area contributed by atoms with Crippen LogP contribution in [0.4, 0.5) is 0 Å². The van der Waals surface area contributed by atoms with Crippen LogP contribution in [0.15, 0.2) is 18.2 Å². The Morgan fingerprint density at radius 1 is 1.19 bits per heavy atom. The van der Waals surface area contributed by atoms with Crippen LogP contribution >= 0.6 is 34.5 Å². The van der Waals surface area contributed by atoms with Crippen molar-refractivity contribution in [2.45, 2.75) is 33.7 Å². The van der Waals surface area contributed by atoms with Gasteiger partial charge in [-0.1, -0.05) is 44.0 Å². The molecule has 0 radical (unpaired) electrons. The summed E-state index contributed by atoms with van der Waals surface area (Å²) in [4.78, 5) is 6.12. The van der Waals surface area contributed by atoms with Gasteiger partial charge in [-0.25, -0.2) is 4.98 Å². The summed E-state index contributed by atoms with van der Waals surface area (Å²) in [7, 11) is 0. The van der Waals surface area contributed by atoms with E-state index >= 15 is 0 Å². The molecule has 0 bridgehead atoms. The molecule has 2 aromatic rings. The van der Waals surface area contributed by atoms with Gasteiger partial charge in [0.1, 0.15) is 5.01 Å². The lowest BCUT2D eigenvalue weighted by Crippen LogP contribution is -2.12. The van der Waals surface area contributed by atoms with E-state index in [-0.39, 0.29) is 0 Å². The van der Waals surface area contributed by atoms with Gasteiger partial charge in [-0.3, -0.25) is 0 Å². The largest absolute Gasteiger partial charge is 0.312 e. The summed E-state index contributed by atoms with van der Waals surface area (Å²) < 4.78 is 0. The third-order valence-electron chi connectivity index (χ3n) is 3.02. The van der Waals surface area contributed by atoms with E-state index in [1.54, 1.807) is 17.4 Å². The molecule has 21 heavy (non-hydrogen) atoms. The number of nitrogens with zero attached hydrogens (tertiary/aromatic N) is 1. The Morgan fingerprint density at radius 3 is 2.43 bits per heavy atom. The topological polar surface area (TPSA) is 24.9 Å². The first-order valence-electron chi connectivity index (χ1n) is 7.15. The van der Waals surface area contributed by atoms with Gasteiger partial charge in [0.15, 0.2) is 0 Å². The van der Waals surface area contributed by atoms with Crippen molar-refractivity contribution in [1.82, 2.24) is 10.3 Å². The number of hydrogen-bond acceptors (Lipinski definition) is 3. The first-order chi connectivity index (χ1) is 9.99. The molecule has 0 aliphatic carbocycles. The van der Waals surface area contributed by atoms with E-state index in [1.807, 2.05) is 12.1 Å². The van der Waals surface area contributed by atoms with E-state index < -0.39 is 0 Å². The van der Waals surface area contributed by atoms with Crippen LogP contribution in [-0.2, 0) is 13.0 Å². The summed E-state index contributed by atoms with van der Waals surface area (Å²) in [5.74, 6) is 0.586. The maximum Gasteiger partial charge on any atom is 0.124 e. The van der Waals surface area contributed by atoms with Gasteiger partial charge < -0.3 is 5.32 Å². The lowest BCUT2D eigenvalue weighted by atomic mass is 10.1. The minimum Gasteiger partial charge on any atom is -0.312 e. The van der Waals surface area contributed by atoms with Gasteiger partial charge >= 0.3 is 0 Å². The van der Waals surface area contributed by atoms with Crippen molar-refractivity contribution < 1.29 is 0 Å². The summed E-state index contributed by atoms with van der Waals surface area (Å²) in [6, 6.07) is 5.58. The number of hydrogen-bond donors (Lipinski definition) is 1. The van der Waals surface area contributed by atoms with Gasteiger partial charge in [-0.2, -0.15) is 0 Å². The minimum absolute atomic E-state index is 0.586. The summed E-state index contributed by atoms with van der Waals surface area (Å²) in [5.41, 5.74) is 2.17. The van der Waals surface area contributed by atoms with E-state index in [9.17, 15) is 0 Å². The summed E-state index contributed by atoms with van der Waals surface area (Å²) >= 11 is 13.9. The van der Waals surface area contributed by atoms with Crippen LogP contribution in [0.5, 0.6) is 0 Å². The molecule has 2 rings (SSSR count). The van der Waals surface area contributed by atoms with Gasteiger partial charge in [0, 0.05) is 27.0 Å². The third-order valence-corrected chi connectivity index (χ3v) is 4.61. The van der Waals surface area contributed by atoms with Crippen LogP contribution in [0.2, 0.25) is 10.0 Å². The van der Waals surface area contributed by atoms with E-state index in [2.05, 4.69) is 26.1 Å². The first kappa shape index (κ1) is 16.8. The molecular formula is C16H20Cl2N2S. The number of benzene rings is 1. The first-order valence-corrected chi connectivity index (χ1v) is 8.72. The van der Waals surface area contributed by atoms with Crippen LogP contribution in [0.25, 0.3) is 10.6 Å². The number of nitrogens with one attached hydrogen (secondary N) is 1. The van der Waals surface area contributed by atoms with Gasteiger partial charge in [-0.05, 0) is 37.1 Å². The van der Waals surface area contributed by atoms with Crippen molar-refractivity contribution in [3.63, 3.8) is 0 Å². The van der Waals surface area contributed by atoms with Crippen molar-refractivity contribution in [1.29, 1.82) is 0 Å². The molecule has 0 spiro atoms. The van der Waals surface area contributed by atoms with Gasteiger partial charge in [0.2, 0.25) is 0 Å². The Labute approximate surface area is 140 Å². The van der Waals surface area contributed by atoms with Crippen LogP contribution in [0.1, 0.15) is 31.3 Å². The van der Waals surface area contributed by atoms with Crippen LogP contribution in [0.3, 0.4) is 0 Å². The molecule has 0 saturated heterocycles. The highest BCUT2D eigenvalue weighted by molar-refractivity contribution is 7.15. The van der Waals surface area contributed by atoms with Crippen LogP contribution in [-0.4, -0.2) is 11.5 Å². The van der Waals surface area contributed by atoms with E-state index in [4.69, 9.17) is 28.2 Å². The SMILES string of the molecule is CCNCc1sc(-c2cc(Cl)cc(Cl)c2)nc1CC(C)C. The Kier molecular flexibility index (Phi) is 6.06. The second kappa shape index (κ2) is 7.59. The fourth-order valence-electron chi connectivity index (χ4n) is 2.11. The number of halogens is 2. The molecule has 5 heteroatoms. The molecule has 0 amide bonds. The predicted molar refractivity (Wildman–Crippen MR) is 93.5 cm³/mol. The number of thiazole rings is 1. The second-order valence-electron chi connectivity index (χ2n) is 5.43. The van der Waals surface area contributed by atoms with Crippen molar-refractivity contribution in [3.05, 3.63) is 38.8 Å². The Bertz CT molecular complexity index is 588. The van der Waals surface area contributed by atoms with E-state index in [0.717, 1.165) is 30.1 Å². The van der Waals surface area contributed by atoms with Gasteiger partial charge in [-0.15, -0.1) is 11.3 Å². The lowest BCUT2D eigenvalue weighted by molar-refractivity contribution is 0.628. The molecule has 0 aliphatic rings. The minimum atomic E-state index is 0.586. The average molecular weight is 343 g/mol. The maximum atomic E-state index is 6.09. The number of rotatable bonds is 6. The molecule has 1 aromatic heterocycles. The maximum absolute atomic E-state index is 6.09. The second-order valence-corrected chi connectivity index (χ2v) is 7.38. The zero-order chi connectivity index (χ0) is 15.4. The molecular weight excluding hydrogens is 323 g/mol. The number of aromatic nitrogens is 1.